The molecule has 1 aromatic heterocycles. The van der Waals surface area contributed by atoms with Crippen LogP contribution in [-0.4, -0.2) is 31.2 Å². The summed E-state index contributed by atoms with van der Waals surface area (Å²) in [6.07, 6.45) is -2.63. The zero-order chi connectivity index (χ0) is 16.5. The van der Waals surface area contributed by atoms with Crippen LogP contribution in [0.2, 0.25) is 0 Å². The van der Waals surface area contributed by atoms with E-state index in [2.05, 4.69) is 4.98 Å². The van der Waals surface area contributed by atoms with Crippen LogP contribution in [0, 0.1) is 5.41 Å². The number of ether oxygens (including phenoxy) is 1. The van der Waals surface area contributed by atoms with E-state index < -0.39 is 17.2 Å². The van der Waals surface area contributed by atoms with Crippen molar-refractivity contribution in [1.82, 2.24) is 4.98 Å². The number of esters is 1. The van der Waals surface area contributed by atoms with Crippen molar-refractivity contribution in [2.75, 3.05) is 30.8 Å². The summed E-state index contributed by atoms with van der Waals surface area (Å²) < 4.78 is 42.6. The molecule has 2 N–H and O–H groups in total. The lowest BCUT2D eigenvalue weighted by atomic mass is 9.80. The number of anilines is 2. The number of piperidine rings is 1. The fourth-order valence-electron chi connectivity index (χ4n) is 2.56. The first-order chi connectivity index (χ1) is 10.2. The van der Waals surface area contributed by atoms with Crippen LogP contribution in [-0.2, 0) is 15.7 Å². The minimum atomic E-state index is -4.47. The van der Waals surface area contributed by atoms with Gasteiger partial charge in [-0.2, -0.15) is 13.2 Å². The van der Waals surface area contributed by atoms with Gasteiger partial charge in [0.15, 0.2) is 5.82 Å². The fourth-order valence-corrected chi connectivity index (χ4v) is 2.56. The van der Waals surface area contributed by atoms with Gasteiger partial charge in [0, 0.05) is 19.3 Å². The molecule has 2 heterocycles. The number of methoxy groups -OCH3 is 1. The molecular weight excluding hydrogens is 299 g/mol. The first-order valence-electron chi connectivity index (χ1n) is 6.83. The molecule has 0 bridgehead atoms. The van der Waals surface area contributed by atoms with E-state index in [0.717, 1.165) is 12.3 Å². The van der Waals surface area contributed by atoms with E-state index >= 15 is 0 Å². The molecule has 8 heteroatoms. The quantitative estimate of drug-likeness (QED) is 0.849. The van der Waals surface area contributed by atoms with Crippen LogP contribution in [0.15, 0.2) is 12.3 Å². The van der Waals surface area contributed by atoms with Gasteiger partial charge in [0.05, 0.1) is 23.8 Å². The van der Waals surface area contributed by atoms with Gasteiger partial charge < -0.3 is 15.4 Å². The number of carbonyl (C=O) groups is 1. The van der Waals surface area contributed by atoms with E-state index in [1.54, 1.807) is 4.90 Å². The first kappa shape index (κ1) is 16.4. The Kier molecular flexibility index (Phi) is 4.21. The maximum Gasteiger partial charge on any atom is 0.417 e. The van der Waals surface area contributed by atoms with Gasteiger partial charge in [0.25, 0.3) is 0 Å². The lowest BCUT2D eigenvalue weighted by Gasteiger charge is -2.38. The molecule has 0 aromatic carbocycles. The van der Waals surface area contributed by atoms with E-state index in [0.29, 0.717) is 31.7 Å². The molecule has 122 valence electrons. The zero-order valence-electron chi connectivity index (χ0n) is 12.4. The highest BCUT2D eigenvalue weighted by Gasteiger charge is 2.39. The highest BCUT2D eigenvalue weighted by atomic mass is 19.4. The third-order valence-electron chi connectivity index (χ3n) is 4.07. The minimum absolute atomic E-state index is 0.0171. The first-order valence-corrected chi connectivity index (χ1v) is 6.83. The molecule has 0 unspecified atom stereocenters. The lowest BCUT2D eigenvalue weighted by Crippen LogP contribution is -2.43. The summed E-state index contributed by atoms with van der Waals surface area (Å²) in [4.78, 5) is 17.4. The topological polar surface area (TPSA) is 68.5 Å². The van der Waals surface area contributed by atoms with Gasteiger partial charge in [-0.05, 0) is 25.8 Å². The Morgan fingerprint density at radius 1 is 1.41 bits per heavy atom. The third-order valence-corrected chi connectivity index (χ3v) is 4.07. The standard InChI is InChI=1S/C14H18F3N3O2/c1-13(12(21)22-2)3-5-20(6-4-13)11-10(18)7-9(8-19-11)14(15,16)17/h7-8H,3-6,18H2,1-2H3. The maximum absolute atomic E-state index is 12.6. The molecule has 0 amide bonds. The molecule has 22 heavy (non-hydrogen) atoms. The van der Waals surface area contributed by atoms with Crippen LogP contribution in [0.1, 0.15) is 25.3 Å². The van der Waals surface area contributed by atoms with Crippen molar-refractivity contribution in [2.24, 2.45) is 5.41 Å². The number of halogens is 3. The van der Waals surface area contributed by atoms with Gasteiger partial charge in [-0.25, -0.2) is 4.98 Å². The van der Waals surface area contributed by atoms with Crippen molar-refractivity contribution in [3.8, 4) is 0 Å². The monoisotopic (exact) mass is 317 g/mol. The van der Waals surface area contributed by atoms with E-state index in [1.807, 2.05) is 6.92 Å². The Balaban J connectivity index is 2.14. The number of alkyl halides is 3. The summed E-state index contributed by atoms with van der Waals surface area (Å²) in [5, 5.41) is 0. The Hall–Kier alpha value is -1.99. The predicted molar refractivity (Wildman–Crippen MR) is 75.2 cm³/mol. The Labute approximate surface area is 126 Å². The number of aromatic nitrogens is 1. The molecule has 0 aliphatic carbocycles. The number of pyridine rings is 1. The van der Waals surface area contributed by atoms with Crippen molar-refractivity contribution >= 4 is 17.5 Å². The summed E-state index contributed by atoms with van der Waals surface area (Å²) in [5.41, 5.74) is 4.24. The van der Waals surface area contributed by atoms with Gasteiger partial charge in [0.1, 0.15) is 0 Å². The van der Waals surface area contributed by atoms with Crippen molar-refractivity contribution in [1.29, 1.82) is 0 Å². The lowest BCUT2D eigenvalue weighted by molar-refractivity contribution is -0.153. The molecule has 1 aliphatic rings. The van der Waals surface area contributed by atoms with Crippen LogP contribution < -0.4 is 10.6 Å². The van der Waals surface area contributed by atoms with E-state index in [9.17, 15) is 18.0 Å². The Morgan fingerprint density at radius 2 is 2.00 bits per heavy atom. The summed E-state index contributed by atoms with van der Waals surface area (Å²) >= 11 is 0. The molecule has 1 saturated heterocycles. The van der Waals surface area contributed by atoms with Gasteiger partial charge in [-0.1, -0.05) is 0 Å². The highest BCUT2D eigenvalue weighted by molar-refractivity contribution is 5.77. The zero-order valence-corrected chi connectivity index (χ0v) is 12.4. The second-order valence-corrected chi connectivity index (χ2v) is 5.67. The number of nitrogen functional groups attached to an aromatic ring is 1. The second kappa shape index (κ2) is 5.66. The maximum atomic E-state index is 12.6. The van der Waals surface area contributed by atoms with E-state index in [4.69, 9.17) is 10.5 Å². The molecule has 1 fully saturated rings. The minimum Gasteiger partial charge on any atom is -0.469 e. The summed E-state index contributed by atoms with van der Waals surface area (Å²) in [6, 6.07) is 0.885. The van der Waals surface area contributed by atoms with Gasteiger partial charge in [0.2, 0.25) is 0 Å². The van der Waals surface area contributed by atoms with Gasteiger partial charge in [-0.15, -0.1) is 0 Å². The number of nitrogens with zero attached hydrogens (tertiary/aromatic N) is 2. The molecule has 2 rings (SSSR count). The van der Waals surface area contributed by atoms with Crippen molar-refractivity contribution in [3.05, 3.63) is 17.8 Å². The number of hydrogen-bond acceptors (Lipinski definition) is 5. The molecule has 0 atom stereocenters. The third kappa shape index (κ3) is 3.10. The molecule has 0 saturated carbocycles. The van der Waals surface area contributed by atoms with Crippen molar-refractivity contribution in [2.45, 2.75) is 25.9 Å². The average Bonchev–Trinajstić information content (AvgIpc) is 2.46. The molecule has 5 nitrogen and oxygen atoms in total. The smallest absolute Gasteiger partial charge is 0.417 e. The molecule has 1 aromatic rings. The normalized spacial score (nSPS) is 18.1. The Morgan fingerprint density at radius 3 is 2.45 bits per heavy atom. The molecule has 0 radical (unpaired) electrons. The summed E-state index contributed by atoms with van der Waals surface area (Å²) in [7, 11) is 1.34. The van der Waals surface area contributed by atoms with Gasteiger partial charge in [-0.3, -0.25) is 4.79 Å². The van der Waals surface area contributed by atoms with Crippen LogP contribution in [0.25, 0.3) is 0 Å². The highest BCUT2D eigenvalue weighted by Crippen LogP contribution is 2.37. The number of carbonyl (C=O) groups excluding carboxylic acids is 1. The molecule has 0 spiro atoms. The van der Waals surface area contributed by atoms with Crippen LogP contribution in [0.4, 0.5) is 24.7 Å². The SMILES string of the molecule is COC(=O)C1(C)CCN(c2ncc(C(F)(F)F)cc2N)CC1. The number of nitrogens with two attached hydrogens (primary N) is 1. The van der Waals surface area contributed by atoms with E-state index in [1.165, 1.54) is 7.11 Å². The molecular formula is C14H18F3N3O2. The average molecular weight is 317 g/mol. The summed E-state index contributed by atoms with van der Waals surface area (Å²) in [5.74, 6) is 0.0421. The molecule has 1 aliphatic heterocycles. The number of rotatable bonds is 2. The number of hydrogen-bond donors (Lipinski definition) is 1. The Bertz CT molecular complexity index is 567. The van der Waals surface area contributed by atoms with Crippen LogP contribution in [0.3, 0.4) is 0 Å². The fraction of sp³-hybridized carbons (Fsp3) is 0.571. The van der Waals surface area contributed by atoms with Crippen LogP contribution in [0.5, 0.6) is 0 Å². The summed E-state index contributed by atoms with van der Waals surface area (Å²) in [6.45, 7) is 2.78. The van der Waals surface area contributed by atoms with Crippen molar-refractivity contribution < 1.29 is 22.7 Å². The van der Waals surface area contributed by atoms with Gasteiger partial charge >= 0.3 is 12.1 Å². The predicted octanol–water partition coefficient (Wildman–Crippen LogP) is 2.46. The van der Waals surface area contributed by atoms with Crippen molar-refractivity contribution in [3.63, 3.8) is 0 Å². The largest absolute Gasteiger partial charge is 0.469 e. The van der Waals surface area contributed by atoms with E-state index in [-0.39, 0.29) is 11.7 Å². The van der Waals surface area contributed by atoms with Crippen LogP contribution >= 0.6 is 0 Å². The second-order valence-electron chi connectivity index (χ2n) is 5.67.